The van der Waals surface area contributed by atoms with E-state index in [0.29, 0.717) is 5.56 Å². The molecule has 10 atom stereocenters. The fourth-order valence-electron chi connectivity index (χ4n) is 9.29. The van der Waals surface area contributed by atoms with Gasteiger partial charge in [0.15, 0.2) is 23.6 Å². The van der Waals surface area contributed by atoms with Gasteiger partial charge < -0.3 is 71.0 Å². The Bertz CT molecular complexity index is 2730. The Morgan fingerprint density at radius 1 is 0.838 bits per heavy atom. The van der Waals surface area contributed by atoms with Gasteiger partial charge in [0.2, 0.25) is 29.5 Å². The molecule has 1 fully saturated rings. The van der Waals surface area contributed by atoms with Crippen LogP contribution in [0.1, 0.15) is 109 Å². The van der Waals surface area contributed by atoms with Gasteiger partial charge in [-0.1, -0.05) is 56.3 Å². The SMILES string of the molecule is COc1cccc2c1C(=O)c1cc3c(c(O)c1C2=O)CC(O)(C(=O)CO)CC3OC1CC(NC(=O)C(Cc2ccccc2)NC(=O)C(C)NC(=O)C(CC(C)C)NC(=O)C(C)NC(=O)CP(=O)(O)O)C(O)C(C)O1. The highest BCUT2D eigenvalue weighted by Crippen LogP contribution is 2.48. The van der Waals surface area contributed by atoms with Crippen LogP contribution in [0.25, 0.3) is 0 Å². The summed E-state index contributed by atoms with van der Waals surface area (Å²) < 4.78 is 29.1. The van der Waals surface area contributed by atoms with Crippen LogP contribution in [-0.4, -0.2) is 151 Å². The Balaban J connectivity index is 1.20. The number of carbonyl (C=O) groups is 8. The molecule has 0 spiro atoms. The van der Waals surface area contributed by atoms with Gasteiger partial charge in [0.1, 0.15) is 60.1 Å². The maximum Gasteiger partial charge on any atom is 0.334 e. The number of amides is 5. The van der Waals surface area contributed by atoms with Crippen LogP contribution < -0.4 is 31.3 Å². The van der Waals surface area contributed by atoms with Crippen LogP contribution in [0.15, 0.2) is 54.6 Å². The lowest BCUT2D eigenvalue weighted by Crippen LogP contribution is -2.60. The molecule has 3 aliphatic rings. The van der Waals surface area contributed by atoms with Gasteiger partial charge in [-0.2, -0.15) is 0 Å². The van der Waals surface area contributed by atoms with Crippen molar-refractivity contribution in [2.24, 2.45) is 5.92 Å². The second-order valence-corrected chi connectivity index (χ2v) is 20.9. The monoisotopic (exact) mass is 1050 g/mol. The van der Waals surface area contributed by atoms with Crippen LogP contribution in [0.4, 0.5) is 0 Å². The summed E-state index contributed by atoms with van der Waals surface area (Å²) in [4.78, 5) is 126. The van der Waals surface area contributed by atoms with Gasteiger partial charge in [-0.05, 0) is 56.4 Å². The van der Waals surface area contributed by atoms with E-state index in [0.717, 1.165) is 0 Å². The lowest BCUT2D eigenvalue weighted by atomic mass is 9.72. The van der Waals surface area contributed by atoms with Crippen LogP contribution in [-0.2, 0) is 55.6 Å². The van der Waals surface area contributed by atoms with Crippen LogP contribution in [0.3, 0.4) is 0 Å². The smallest absolute Gasteiger partial charge is 0.334 e. The zero-order valence-electron chi connectivity index (χ0n) is 41.4. The number of phenolic OH excluding ortho intramolecular Hbond substituents is 1. The standard InChI is InChI=1S/C50H62N5O18P/c1-23(2)15-33(54-46(63)24(3)51-38(58)22-74(68,69)70)48(65)52-25(4)47(64)55-34(16-27-11-8-7-9-12-27)49(66)53-32-18-39(72-26(5)42(32)59)73-36-20-50(67,37(57)21-56)19-31-29(36)17-30-41(45(31)62)43(60)28-13-10-14-35(71-6)40(28)44(30)61/h7-14,17,23-26,32-34,36,39,42,56,59,62,67H,15-16,18-22H2,1-6H3,(H,51,58)(H,52,65)(H,53,66)(H,54,63)(H,55,64)(H2,68,69,70). The number of hydrogen-bond donors (Lipinski definition) is 11. The average Bonchev–Trinajstić information content (AvgIpc) is 3.33. The number of methoxy groups -OCH3 is 1. The molecular formula is C50H62N5O18P. The maximum absolute atomic E-state index is 14.3. The molecule has 1 aliphatic heterocycles. The van der Waals surface area contributed by atoms with E-state index < -0.39 is 146 Å². The molecule has 23 nitrogen and oxygen atoms in total. The van der Waals surface area contributed by atoms with E-state index in [1.807, 2.05) is 0 Å². The third-order valence-corrected chi connectivity index (χ3v) is 13.8. The van der Waals surface area contributed by atoms with Crippen LogP contribution in [0.5, 0.6) is 11.5 Å². The van der Waals surface area contributed by atoms with Gasteiger partial charge in [-0.3, -0.25) is 42.9 Å². The topological polar surface area (TPSA) is 363 Å². The first-order valence-electron chi connectivity index (χ1n) is 23.9. The first-order valence-corrected chi connectivity index (χ1v) is 25.6. The fourth-order valence-corrected chi connectivity index (χ4v) is 9.76. The molecule has 24 heteroatoms. The second-order valence-electron chi connectivity index (χ2n) is 19.3. The molecule has 74 heavy (non-hydrogen) atoms. The fraction of sp³-hybridized carbons (Fsp3) is 0.480. The van der Waals surface area contributed by atoms with Gasteiger partial charge in [-0.25, -0.2) is 0 Å². The van der Waals surface area contributed by atoms with E-state index in [2.05, 4.69) is 26.6 Å². The first kappa shape index (κ1) is 56.9. The molecule has 6 rings (SSSR count). The maximum atomic E-state index is 14.3. The van der Waals surface area contributed by atoms with E-state index >= 15 is 0 Å². The van der Waals surface area contributed by atoms with Gasteiger partial charge in [-0.15, -0.1) is 0 Å². The normalized spacial score (nSPS) is 22.9. The van der Waals surface area contributed by atoms with Crippen molar-refractivity contribution in [2.75, 3.05) is 19.9 Å². The molecule has 0 bridgehead atoms. The van der Waals surface area contributed by atoms with Crippen molar-refractivity contribution < 1.29 is 87.3 Å². The second kappa shape index (κ2) is 23.4. The minimum atomic E-state index is -4.73. The van der Waals surface area contributed by atoms with E-state index in [1.54, 1.807) is 44.2 Å². The molecule has 400 valence electrons. The molecule has 0 radical (unpaired) electrons. The number of aliphatic hydroxyl groups is 3. The average molecular weight is 1050 g/mol. The molecule has 0 saturated carbocycles. The van der Waals surface area contributed by atoms with Crippen molar-refractivity contribution in [1.29, 1.82) is 0 Å². The molecule has 1 heterocycles. The molecule has 5 amide bonds. The van der Waals surface area contributed by atoms with Crippen LogP contribution >= 0.6 is 7.60 Å². The number of fused-ring (bicyclic) bond motifs is 3. The summed E-state index contributed by atoms with van der Waals surface area (Å²) >= 11 is 0. The Hall–Kier alpha value is -6.43. The molecule has 1 saturated heterocycles. The summed E-state index contributed by atoms with van der Waals surface area (Å²) in [7, 11) is -3.40. The summed E-state index contributed by atoms with van der Waals surface area (Å²) in [6.07, 6.45) is -7.61. The highest BCUT2D eigenvalue weighted by atomic mass is 31.2. The van der Waals surface area contributed by atoms with Gasteiger partial charge in [0, 0.05) is 42.4 Å². The van der Waals surface area contributed by atoms with Gasteiger partial charge in [0.25, 0.3) is 0 Å². The highest BCUT2D eigenvalue weighted by molar-refractivity contribution is 7.52. The zero-order valence-corrected chi connectivity index (χ0v) is 42.3. The number of aromatic hydroxyl groups is 1. The highest BCUT2D eigenvalue weighted by Gasteiger charge is 2.49. The Morgan fingerprint density at radius 3 is 2.09 bits per heavy atom. The zero-order chi connectivity index (χ0) is 54.6. The number of aliphatic hydroxyl groups excluding tert-OH is 2. The number of nitrogens with one attached hydrogen (secondary N) is 5. The number of rotatable bonds is 20. The number of hydrogen-bond acceptors (Lipinski definition) is 16. The summed E-state index contributed by atoms with van der Waals surface area (Å²) in [6.45, 7) is 6.52. The summed E-state index contributed by atoms with van der Waals surface area (Å²) in [5.41, 5.74) is -2.36. The molecular weight excluding hydrogens is 990 g/mol. The van der Waals surface area contributed by atoms with Crippen LogP contribution in [0.2, 0.25) is 0 Å². The lowest BCUT2D eigenvalue weighted by Gasteiger charge is -2.43. The number of phenols is 1. The molecule has 11 N–H and O–H groups in total. The van der Waals surface area contributed by atoms with Crippen molar-refractivity contribution in [2.45, 2.75) is 127 Å². The first-order chi connectivity index (χ1) is 34.7. The van der Waals surface area contributed by atoms with E-state index in [9.17, 15) is 63.3 Å². The molecule has 0 aromatic heterocycles. The molecule has 2 aliphatic carbocycles. The molecule has 3 aromatic carbocycles. The number of Topliss-reactive ketones (excluding diaryl/α,β-unsaturated/α-hetero) is 1. The van der Waals surface area contributed by atoms with Crippen LogP contribution in [0, 0.1) is 5.92 Å². The Morgan fingerprint density at radius 2 is 1.47 bits per heavy atom. The number of carbonyl (C=O) groups excluding carboxylic acids is 8. The molecule has 10 unspecified atom stereocenters. The van der Waals surface area contributed by atoms with Crippen molar-refractivity contribution >= 4 is 54.5 Å². The predicted molar refractivity (Wildman–Crippen MR) is 260 cm³/mol. The quantitative estimate of drug-likeness (QED) is 0.0515. The van der Waals surface area contributed by atoms with E-state index in [-0.39, 0.29) is 64.3 Å². The molecule has 3 aromatic rings. The van der Waals surface area contributed by atoms with E-state index in [1.165, 1.54) is 52.1 Å². The summed E-state index contributed by atoms with van der Waals surface area (Å²) in [5.74, 6) is -7.47. The minimum absolute atomic E-state index is 0.0388. The lowest BCUT2D eigenvalue weighted by molar-refractivity contribution is -0.249. The summed E-state index contributed by atoms with van der Waals surface area (Å²) in [6, 6.07) is 8.00. The van der Waals surface area contributed by atoms with Gasteiger partial charge >= 0.3 is 7.60 Å². The largest absolute Gasteiger partial charge is 0.507 e. The Labute approximate surface area is 425 Å². The van der Waals surface area contributed by atoms with E-state index in [4.69, 9.17) is 24.0 Å². The number of ketones is 3. The van der Waals surface area contributed by atoms with Gasteiger partial charge in [0.05, 0.1) is 36.5 Å². The summed E-state index contributed by atoms with van der Waals surface area (Å²) in [5, 5.41) is 57.4. The number of ether oxygens (including phenoxy) is 3. The number of benzene rings is 3. The van der Waals surface area contributed by atoms with Crippen molar-refractivity contribution in [3.05, 3.63) is 93.5 Å². The predicted octanol–water partition coefficient (Wildman–Crippen LogP) is -0.101. The van der Waals surface area contributed by atoms with Crippen molar-refractivity contribution in [3.63, 3.8) is 0 Å². The van der Waals surface area contributed by atoms with Crippen molar-refractivity contribution in [1.82, 2.24) is 26.6 Å². The van der Waals surface area contributed by atoms with Crippen molar-refractivity contribution in [3.8, 4) is 11.5 Å². The minimum Gasteiger partial charge on any atom is -0.507 e. The third kappa shape index (κ3) is 13.1. The Kier molecular flexibility index (Phi) is 18.0. The third-order valence-electron chi connectivity index (χ3n) is 13.1.